The molecule has 0 radical (unpaired) electrons. The predicted molar refractivity (Wildman–Crippen MR) is 65.1 cm³/mol. The molecular weight excluding hydrogens is 184 g/mol. The van der Waals surface area contributed by atoms with Crippen LogP contribution in [0.25, 0.3) is 0 Å². The van der Waals surface area contributed by atoms with Crippen LogP contribution in [0.5, 0.6) is 0 Å². The van der Waals surface area contributed by atoms with Crippen molar-refractivity contribution in [3.05, 3.63) is 0 Å². The topological polar surface area (TPSA) is 6.48 Å². The van der Waals surface area contributed by atoms with Gasteiger partial charge in [0, 0.05) is 18.1 Å². The van der Waals surface area contributed by atoms with Crippen LogP contribution in [0.1, 0.15) is 40.5 Å². The van der Waals surface area contributed by atoms with Crippen LogP contribution in [0.2, 0.25) is 0 Å². The number of likely N-dealkylation sites (tertiary alicyclic amines) is 2. The van der Waals surface area contributed by atoms with Gasteiger partial charge in [-0.05, 0) is 59.2 Å². The summed E-state index contributed by atoms with van der Waals surface area (Å²) in [4.78, 5) is 5.35. The van der Waals surface area contributed by atoms with E-state index in [4.69, 9.17) is 0 Å². The van der Waals surface area contributed by atoms with Crippen molar-refractivity contribution in [2.24, 2.45) is 5.92 Å². The highest BCUT2D eigenvalue weighted by atomic mass is 15.3. The SMILES string of the molecule is CCN1CCC2CCN(C(C)(C)C)CC21. The molecule has 0 saturated carbocycles. The van der Waals surface area contributed by atoms with E-state index in [0.29, 0.717) is 5.54 Å². The molecule has 2 aliphatic heterocycles. The number of rotatable bonds is 1. The molecule has 2 atom stereocenters. The van der Waals surface area contributed by atoms with Crippen LogP contribution < -0.4 is 0 Å². The number of hydrogen-bond donors (Lipinski definition) is 0. The lowest BCUT2D eigenvalue weighted by molar-refractivity contribution is 0.0451. The number of fused-ring (bicyclic) bond motifs is 1. The summed E-state index contributed by atoms with van der Waals surface area (Å²) in [5.41, 5.74) is 0.354. The lowest BCUT2D eigenvalue weighted by Gasteiger charge is -2.44. The molecule has 0 aromatic carbocycles. The maximum atomic E-state index is 2.68. The second kappa shape index (κ2) is 4.06. The van der Waals surface area contributed by atoms with E-state index >= 15 is 0 Å². The molecule has 2 unspecified atom stereocenters. The highest BCUT2D eigenvalue weighted by Crippen LogP contribution is 2.33. The molecule has 88 valence electrons. The van der Waals surface area contributed by atoms with Crippen molar-refractivity contribution < 1.29 is 0 Å². The first-order valence-corrected chi connectivity index (χ1v) is 6.51. The molecule has 15 heavy (non-hydrogen) atoms. The van der Waals surface area contributed by atoms with Gasteiger partial charge in [-0.15, -0.1) is 0 Å². The Kier molecular flexibility index (Phi) is 3.09. The molecule has 0 aliphatic carbocycles. The molecule has 0 bridgehead atoms. The van der Waals surface area contributed by atoms with Crippen LogP contribution in [0.4, 0.5) is 0 Å². The minimum atomic E-state index is 0.354. The third kappa shape index (κ3) is 2.21. The zero-order valence-corrected chi connectivity index (χ0v) is 10.8. The smallest absolute Gasteiger partial charge is 0.0252 e. The van der Waals surface area contributed by atoms with E-state index in [-0.39, 0.29) is 0 Å². The van der Waals surface area contributed by atoms with Crippen LogP contribution in [-0.4, -0.2) is 47.6 Å². The van der Waals surface area contributed by atoms with Crippen LogP contribution in [0, 0.1) is 5.92 Å². The molecule has 0 N–H and O–H groups in total. The first-order chi connectivity index (χ1) is 7.02. The standard InChI is InChI=1S/C13H26N2/c1-5-14-8-6-11-7-9-15(10-12(11)14)13(2,3)4/h11-12H,5-10H2,1-4H3. The lowest BCUT2D eigenvalue weighted by Crippen LogP contribution is -2.54. The predicted octanol–water partition coefficient (Wildman–Crippen LogP) is 2.20. The second-order valence-electron chi connectivity index (χ2n) is 6.15. The third-order valence-corrected chi connectivity index (χ3v) is 4.33. The van der Waals surface area contributed by atoms with E-state index in [9.17, 15) is 0 Å². The summed E-state index contributed by atoms with van der Waals surface area (Å²) in [6.45, 7) is 14.5. The normalized spacial score (nSPS) is 34.4. The molecule has 2 saturated heterocycles. The van der Waals surface area contributed by atoms with Gasteiger partial charge in [0.15, 0.2) is 0 Å². The molecule has 2 rings (SSSR count). The molecule has 2 heteroatoms. The molecule has 2 heterocycles. The van der Waals surface area contributed by atoms with E-state index in [1.807, 2.05) is 0 Å². The summed E-state index contributed by atoms with van der Waals surface area (Å²) >= 11 is 0. The fourth-order valence-electron chi connectivity index (χ4n) is 3.23. The van der Waals surface area contributed by atoms with Gasteiger partial charge in [0.05, 0.1) is 0 Å². The van der Waals surface area contributed by atoms with Crippen molar-refractivity contribution in [2.75, 3.05) is 26.2 Å². The van der Waals surface area contributed by atoms with Gasteiger partial charge >= 0.3 is 0 Å². The summed E-state index contributed by atoms with van der Waals surface area (Å²) in [5, 5.41) is 0. The Balaban J connectivity index is 2.02. The Bertz CT molecular complexity index is 213. The molecule has 2 nitrogen and oxygen atoms in total. The van der Waals surface area contributed by atoms with E-state index in [1.165, 1.54) is 39.0 Å². The maximum Gasteiger partial charge on any atom is 0.0252 e. The van der Waals surface area contributed by atoms with E-state index in [0.717, 1.165) is 12.0 Å². The Labute approximate surface area is 94.6 Å². The first kappa shape index (κ1) is 11.4. The molecule has 0 spiro atoms. The van der Waals surface area contributed by atoms with Crippen molar-refractivity contribution >= 4 is 0 Å². The number of hydrogen-bond acceptors (Lipinski definition) is 2. The Morgan fingerprint density at radius 1 is 1.13 bits per heavy atom. The highest BCUT2D eigenvalue weighted by Gasteiger charge is 2.39. The van der Waals surface area contributed by atoms with Gasteiger partial charge in [-0.25, -0.2) is 0 Å². The molecule has 0 amide bonds. The summed E-state index contributed by atoms with van der Waals surface area (Å²) in [7, 11) is 0. The van der Waals surface area contributed by atoms with Crippen LogP contribution in [0.15, 0.2) is 0 Å². The third-order valence-electron chi connectivity index (χ3n) is 4.33. The van der Waals surface area contributed by atoms with Gasteiger partial charge in [-0.2, -0.15) is 0 Å². The van der Waals surface area contributed by atoms with Gasteiger partial charge in [0.2, 0.25) is 0 Å². The van der Waals surface area contributed by atoms with Crippen molar-refractivity contribution in [1.29, 1.82) is 0 Å². The molecular formula is C13H26N2. The average molecular weight is 210 g/mol. The fraction of sp³-hybridized carbons (Fsp3) is 1.00. The molecule has 0 aromatic heterocycles. The molecule has 2 fully saturated rings. The minimum Gasteiger partial charge on any atom is -0.299 e. The van der Waals surface area contributed by atoms with Crippen LogP contribution >= 0.6 is 0 Å². The van der Waals surface area contributed by atoms with Gasteiger partial charge in [0.1, 0.15) is 0 Å². The number of piperidine rings is 1. The van der Waals surface area contributed by atoms with Crippen molar-refractivity contribution in [2.45, 2.75) is 52.1 Å². The van der Waals surface area contributed by atoms with Crippen LogP contribution in [0.3, 0.4) is 0 Å². The minimum absolute atomic E-state index is 0.354. The van der Waals surface area contributed by atoms with Crippen molar-refractivity contribution in [3.8, 4) is 0 Å². The summed E-state index contributed by atoms with van der Waals surface area (Å²) in [6.07, 6.45) is 2.86. The van der Waals surface area contributed by atoms with Gasteiger partial charge in [-0.1, -0.05) is 6.92 Å². The van der Waals surface area contributed by atoms with E-state index in [2.05, 4.69) is 37.5 Å². The molecule has 0 aromatic rings. The average Bonchev–Trinajstić information content (AvgIpc) is 2.57. The lowest BCUT2D eigenvalue weighted by atomic mass is 9.89. The first-order valence-electron chi connectivity index (χ1n) is 6.51. The van der Waals surface area contributed by atoms with Gasteiger partial charge in [-0.3, -0.25) is 9.80 Å². The Morgan fingerprint density at radius 3 is 2.40 bits per heavy atom. The molecule has 2 aliphatic rings. The van der Waals surface area contributed by atoms with Crippen molar-refractivity contribution in [1.82, 2.24) is 9.80 Å². The summed E-state index contributed by atoms with van der Waals surface area (Å²) in [6, 6.07) is 0.850. The fourth-order valence-corrected chi connectivity index (χ4v) is 3.23. The zero-order chi connectivity index (χ0) is 11.1. The zero-order valence-electron chi connectivity index (χ0n) is 10.8. The Morgan fingerprint density at radius 2 is 1.80 bits per heavy atom. The van der Waals surface area contributed by atoms with Crippen LogP contribution in [-0.2, 0) is 0 Å². The number of likely N-dealkylation sites (N-methyl/N-ethyl adjacent to an activating group) is 1. The van der Waals surface area contributed by atoms with E-state index < -0.39 is 0 Å². The summed E-state index contributed by atoms with van der Waals surface area (Å²) in [5.74, 6) is 0.989. The monoisotopic (exact) mass is 210 g/mol. The van der Waals surface area contributed by atoms with Crippen molar-refractivity contribution in [3.63, 3.8) is 0 Å². The quantitative estimate of drug-likeness (QED) is 0.654. The van der Waals surface area contributed by atoms with Gasteiger partial charge in [0.25, 0.3) is 0 Å². The van der Waals surface area contributed by atoms with E-state index in [1.54, 1.807) is 0 Å². The Hall–Kier alpha value is -0.0800. The second-order valence-corrected chi connectivity index (χ2v) is 6.15. The summed E-state index contributed by atoms with van der Waals surface area (Å²) < 4.78 is 0. The largest absolute Gasteiger partial charge is 0.299 e. The number of nitrogens with zero attached hydrogens (tertiary/aromatic N) is 2. The maximum absolute atomic E-state index is 2.68. The van der Waals surface area contributed by atoms with Gasteiger partial charge < -0.3 is 0 Å². The highest BCUT2D eigenvalue weighted by molar-refractivity contribution is 4.95.